The van der Waals surface area contributed by atoms with Crippen molar-refractivity contribution in [3.05, 3.63) is 0 Å². The summed E-state index contributed by atoms with van der Waals surface area (Å²) in [5, 5.41) is 0. The second-order valence-electron chi connectivity index (χ2n) is 6.19. The average Bonchev–Trinajstić information content (AvgIpc) is 2.38. The van der Waals surface area contributed by atoms with Crippen molar-refractivity contribution in [2.45, 2.75) is 64.5 Å². The summed E-state index contributed by atoms with van der Waals surface area (Å²) in [6.45, 7) is 5.29. The van der Waals surface area contributed by atoms with Crippen molar-refractivity contribution in [3.63, 3.8) is 0 Å². The van der Waals surface area contributed by atoms with Gasteiger partial charge >= 0.3 is 0 Å². The molecule has 2 aliphatic rings. The van der Waals surface area contributed by atoms with Crippen molar-refractivity contribution in [3.8, 4) is 0 Å². The molecular weight excluding hydrogens is 226 g/mol. The molecule has 1 saturated heterocycles. The van der Waals surface area contributed by atoms with Crippen LogP contribution >= 0.6 is 0 Å². The third-order valence-electron chi connectivity index (χ3n) is 4.69. The van der Waals surface area contributed by atoms with Crippen LogP contribution in [0, 0.1) is 11.8 Å². The van der Waals surface area contributed by atoms with Crippen LogP contribution in [0.1, 0.15) is 52.4 Å². The smallest absolute Gasteiger partial charge is 0.251 e. The molecule has 0 radical (unpaired) electrons. The molecule has 2 fully saturated rings. The van der Waals surface area contributed by atoms with Crippen LogP contribution in [0.5, 0.6) is 0 Å². The molecule has 0 aromatic carbocycles. The summed E-state index contributed by atoms with van der Waals surface area (Å²) in [5.74, 6) is 6.46. The van der Waals surface area contributed by atoms with E-state index in [2.05, 4.69) is 24.2 Å². The first-order chi connectivity index (χ1) is 8.65. The highest BCUT2D eigenvalue weighted by molar-refractivity contribution is 5.81. The summed E-state index contributed by atoms with van der Waals surface area (Å²) in [5.41, 5.74) is 2.36. The number of hydrazine groups is 1. The molecule has 3 unspecified atom stereocenters. The van der Waals surface area contributed by atoms with Crippen LogP contribution in [-0.4, -0.2) is 29.4 Å². The fourth-order valence-corrected chi connectivity index (χ4v) is 3.93. The van der Waals surface area contributed by atoms with Gasteiger partial charge in [0, 0.05) is 6.04 Å². The Bertz CT molecular complexity index is 291. The number of rotatable bonds is 3. The molecule has 3 N–H and O–H groups in total. The molecule has 18 heavy (non-hydrogen) atoms. The van der Waals surface area contributed by atoms with Crippen molar-refractivity contribution in [2.24, 2.45) is 17.7 Å². The van der Waals surface area contributed by atoms with E-state index in [0.29, 0.717) is 12.0 Å². The van der Waals surface area contributed by atoms with Crippen molar-refractivity contribution >= 4 is 5.91 Å². The Balaban J connectivity index is 2.14. The lowest BCUT2D eigenvalue weighted by atomic mass is 9.77. The zero-order valence-electron chi connectivity index (χ0n) is 11.7. The van der Waals surface area contributed by atoms with E-state index in [1.165, 1.54) is 38.5 Å². The van der Waals surface area contributed by atoms with Crippen LogP contribution in [0.25, 0.3) is 0 Å². The van der Waals surface area contributed by atoms with Gasteiger partial charge in [0.15, 0.2) is 0 Å². The average molecular weight is 253 g/mol. The number of amides is 1. The fraction of sp³-hybridized carbons (Fsp3) is 0.929. The van der Waals surface area contributed by atoms with E-state index in [0.717, 1.165) is 12.5 Å². The SMILES string of the molecule is CC(C)C(C(=O)NN)N1CCCC2CCCCC21. The predicted molar refractivity (Wildman–Crippen MR) is 72.6 cm³/mol. The zero-order valence-corrected chi connectivity index (χ0v) is 11.7. The van der Waals surface area contributed by atoms with Crippen LogP contribution < -0.4 is 11.3 Å². The standard InChI is InChI=1S/C14H27N3O/c1-10(2)13(14(18)16-15)17-9-5-7-11-6-3-4-8-12(11)17/h10-13H,3-9,15H2,1-2H3,(H,16,18). The molecule has 4 nitrogen and oxygen atoms in total. The molecule has 0 bridgehead atoms. The predicted octanol–water partition coefficient (Wildman–Crippen LogP) is 1.66. The molecule has 0 spiro atoms. The third-order valence-corrected chi connectivity index (χ3v) is 4.69. The van der Waals surface area contributed by atoms with Crippen molar-refractivity contribution in [1.29, 1.82) is 0 Å². The second kappa shape index (κ2) is 6.02. The van der Waals surface area contributed by atoms with Crippen molar-refractivity contribution in [2.75, 3.05) is 6.54 Å². The summed E-state index contributed by atoms with van der Waals surface area (Å²) in [6.07, 6.45) is 7.84. The van der Waals surface area contributed by atoms with Crippen molar-refractivity contribution in [1.82, 2.24) is 10.3 Å². The number of nitrogens with zero attached hydrogens (tertiary/aromatic N) is 1. The first-order valence-corrected chi connectivity index (χ1v) is 7.41. The van der Waals surface area contributed by atoms with Gasteiger partial charge in [0.05, 0.1) is 6.04 Å². The summed E-state index contributed by atoms with van der Waals surface area (Å²) in [7, 11) is 0. The topological polar surface area (TPSA) is 58.4 Å². The van der Waals surface area contributed by atoms with E-state index in [-0.39, 0.29) is 11.9 Å². The van der Waals surface area contributed by atoms with Gasteiger partial charge in [-0.3, -0.25) is 15.1 Å². The monoisotopic (exact) mass is 253 g/mol. The first kappa shape index (κ1) is 13.8. The maximum Gasteiger partial charge on any atom is 0.251 e. The Labute approximate surface area is 110 Å². The van der Waals surface area contributed by atoms with Gasteiger partial charge in [-0.1, -0.05) is 26.7 Å². The molecular formula is C14H27N3O. The van der Waals surface area contributed by atoms with Gasteiger partial charge in [-0.25, -0.2) is 5.84 Å². The lowest BCUT2D eigenvalue weighted by molar-refractivity contribution is -0.131. The molecule has 4 heteroatoms. The number of hydrogen-bond acceptors (Lipinski definition) is 3. The summed E-state index contributed by atoms with van der Waals surface area (Å²) in [4.78, 5) is 14.5. The molecule has 1 aliphatic heterocycles. The minimum Gasteiger partial charge on any atom is -0.293 e. The molecule has 1 amide bonds. The van der Waals surface area contributed by atoms with E-state index in [1.807, 2.05) is 0 Å². The maximum atomic E-state index is 12.0. The van der Waals surface area contributed by atoms with E-state index < -0.39 is 0 Å². The molecule has 104 valence electrons. The Morgan fingerprint density at radius 1 is 1.22 bits per heavy atom. The number of nitrogens with two attached hydrogens (primary N) is 1. The van der Waals surface area contributed by atoms with Gasteiger partial charge in [-0.15, -0.1) is 0 Å². The van der Waals surface area contributed by atoms with Gasteiger partial charge in [0.2, 0.25) is 0 Å². The number of hydrogen-bond donors (Lipinski definition) is 2. The molecule has 1 aliphatic carbocycles. The van der Waals surface area contributed by atoms with Gasteiger partial charge in [0.25, 0.3) is 5.91 Å². The van der Waals surface area contributed by atoms with Gasteiger partial charge < -0.3 is 0 Å². The van der Waals surface area contributed by atoms with E-state index in [1.54, 1.807) is 0 Å². The van der Waals surface area contributed by atoms with E-state index >= 15 is 0 Å². The Morgan fingerprint density at radius 3 is 2.56 bits per heavy atom. The molecule has 3 atom stereocenters. The number of likely N-dealkylation sites (tertiary alicyclic amines) is 1. The summed E-state index contributed by atoms with van der Waals surface area (Å²) in [6, 6.07) is 0.554. The molecule has 2 rings (SSSR count). The normalized spacial score (nSPS) is 30.9. The third kappa shape index (κ3) is 2.69. The minimum absolute atomic E-state index is 0.0174. The largest absolute Gasteiger partial charge is 0.293 e. The first-order valence-electron chi connectivity index (χ1n) is 7.41. The van der Waals surface area contributed by atoms with Gasteiger partial charge in [0.1, 0.15) is 0 Å². The fourth-order valence-electron chi connectivity index (χ4n) is 3.93. The Morgan fingerprint density at radius 2 is 1.89 bits per heavy atom. The zero-order chi connectivity index (χ0) is 13.1. The van der Waals surface area contributed by atoms with E-state index in [4.69, 9.17) is 5.84 Å². The second-order valence-corrected chi connectivity index (χ2v) is 6.19. The highest BCUT2D eigenvalue weighted by atomic mass is 16.2. The summed E-state index contributed by atoms with van der Waals surface area (Å²) >= 11 is 0. The van der Waals surface area contributed by atoms with E-state index in [9.17, 15) is 4.79 Å². The van der Waals surface area contributed by atoms with Crippen molar-refractivity contribution < 1.29 is 4.79 Å². The number of carbonyl (C=O) groups excluding carboxylic acids is 1. The molecule has 0 aromatic heterocycles. The number of carbonyl (C=O) groups is 1. The highest BCUT2D eigenvalue weighted by Crippen LogP contribution is 2.37. The molecule has 1 heterocycles. The molecule has 1 saturated carbocycles. The van der Waals surface area contributed by atoms with Gasteiger partial charge in [-0.2, -0.15) is 0 Å². The Kier molecular flexibility index (Phi) is 4.62. The number of piperidine rings is 1. The quantitative estimate of drug-likeness (QED) is 0.457. The van der Waals surface area contributed by atoms with Crippen LogP contribution in [0.2, 0.25) is 0 Å². The highest BCUT2D eigenvalue weighted by Gasteiger charge is 2.40. The van der Waals surface area contributed by atoms with Gasteiger partial charge in [-0.05, 0) is 44.1 Å². The maximum absolute atomic E-state index is 12.0. The number of fused-ring (bicyclic) bond motifs is 1. The molecule has 0 aromatic rings. The number of nitrogens with one attached hydrogen (secondary N) is 1. The Hall–Kier alpha value is -0.610. The van der Waals surface area contributed by atoms with Crippen LogP contribution in [-0.2, 0) is 4.79 Å². The van der Waals surface area contributed by atoms with Crippen LogP contribution in [0.3, 0.4) is 0 Å². The summed E-state index contributed by atoms with van der Waals surface area (Å²) < 4.78 is 0. The lowest BCUT2D eigenvalue weighted by Crippen LogP contribution is -2.59. The van der Waals surface area contributed by atoms with Crippen LogP contribution in [0.4, 0.5) is 0 Å². The van der Waals surface area contributed by atoms with Crippen LogP contribution in [0.15, 0.2) is 0 Å². The minimum atomic E-state index is -0.0547. The lowest BCUT2D eigenvalue weighted by Gasteiger charge is -2.48.